The van der Waals surface area contributed by atoms with Crippen molar-refractivity contribution in [1.29, 1.82) is 0 Å². The van der Waals surface area contributed by atoms with Crippen molar-refractivity contribution in [1.82, 2.24) is 14.7 Å². The molecule has 3 unspecified atom stereocenters. The predicted octanol–water partition coefficient (Wildman–Crippen LogP) is 9.69. The molecule has 9 rings (SSSR count). The Morgan fingerprint density at radius 2 is 0.821 bits per heavy atom. The first-order chi connectivity index (χ1) is 37.6. The third kappa shape index (κ3) is 18.4. The lowest BCUT2D eigenvalue weighted by atomic mass is 10.2. The van der Waals surface area contributed by atoms with Gasteiger partial charge in [0.2, 0.25) is 0 Å². The van der Waals surface area contributed by atoms with Crippen LogP contribution in [0.1, 0.15) is 36.0 Å². The number of aliphatic hydroxyl groups is 3. The van der Waals surface area contributed by atoms with Crippen LogP contribution >= 0.6 is 35.3 Å². The van der Waals surface area contributed by atoms with E-state index in [1.165, 1.54) is 65.6 Å². The Labute approximate surface area is 460 Å². The summed E-state index contributed by atoms with van der Waals surface area (Å²) < 4.78 is 96.0. The Hall–Kier alpha value is -6.36. The van der Waals surface area contributed by atoms with E-state index in [1.54, 1.807) is 93.6 Å². The van der Waals surface area contributed by atoms with Crippen LogP contribution in [0.3, 0.4) is 0 Å². The van der Waals surface area contributed by atoms with E-state index in [0.717, 1.165) is 54.2 Å². The number of thioether (sulfide) groups is 3. The van der Waals surface area contributed by atoms with E-state index >= 15 is 0 Å². The number of hydrogen-bond donors (Lipinski definition) is 3. The normalized spacial score (nSPS) is 16.7. The quantitative estimate of drug-likeness (QED) is 0.0704. The van der Waals surface area contributed by atoms with Crippen LogP contribution in [-0.4, -0.2) is 123 Å². The van der Waals surface area contributed by atoms with Crippen LogP contribution in [-0.2, 0) is 34.2 Å². The van der Waals surface area contributed by atoms with E-state index < -0.39 is 34.9 Å². The second-order valence-electron chi connectivity index (χ2n) is 18.1. The minimum absolute atomic E-state index is 0.0377. The molecule has 3 saturated heterocycles. The van der Waals surface area contributed by atoms with E-state index in [1.807, 2.05) is 0 Å². The highest BCUT2D eigenvalue weighted by molar-refractivity contribution is 8.00. The summed E-state index contributed by atoms with van der Waals surface area (Å²) in [5.74, 6) is -2.74. The molecule has 0 spiro atoms. The molecule has 3 aliphatic heterocycles. The fourth-order valence-corrected chi connectivity index (χ4v) is 11.8. The lowest BCUT2D eigenvalue weighted by molar-refractivity contribution is -0.132. The average molecular weight is 1140 g/mol. The number of halogens is 6. The molecule has 0 bridgehead atoms. The third-order valence-electron chi connectivity index (χ3n) is 12.4. The van der Waals surface area contributed by atoms with E-state index in [4.69, 9.17) is 29.5 Å². The highest BCUT2D eigenvalue weighted by Gasteiger charge is 2.30. The lowest BCUT2D eigenvalue weighted by Gasteiger charge is -2.17. The van der Waals surface area contributed by atoms with E-state index in [9.17, 15) is 40.7 Å². The van der Waals surface area contributed by atoms with Gasteiger partial charge in [-0.05, 0) is 115 Å². The zero-order valence-corrected chi connectivity index (χ0v) is 44.5. The van der Waals surface area contributed by atoms with Crippen LogP contribution in [0.25, 0.3) is 0 Å². The summed E-state index contributed by atoms with van der Waals surface area (Å²) in [4.78, 5) is 43.5. The zero-order valence-electron chi connectivity index (χ0n) is 42.1. The summed E-state index contributed by atoms with van der Waals surface area (Å²) in [5.41, 5.74) is 2.33. The van der Waals surface area contributed by atoms with Crippen LogP contribution in [0.5, 0.6) is 17.2 Å². The molecule has 3 N–H and O–H groups in total. The van der Waals surface area contributed by atoms with Crippen molar-refractivity contribution in [3.8, 4) is 17.2 Å². The van der Waals surface area contributed by atoms with Gasteiger partial charge >= 0.3 is 0 Å². The first kappa shape index (κ1) is 59.3. The first-order valence-electron chi connectivity index (χ1n) is 24.8. The number of ether oxygens (including phenoxy) is 3. The second kappa shape index (κ2) is 29.6. The number of hydrogen-bond acceptors (Lipinski definition) is 12. The summed E-state index contributed by atoms with van der Waals surface area (Å²) >= 11 is 4.16. The first-order valence-corrected chi connectivity index (χ1v) is 27.4. The van der Waals surface area contributed by atoms with Gasteiger partial charge in [0.15, 0.2) is 31.5 Å². The molecule has 21 heteroatoms. The van der Waals surface area contributed by atoms with Gasteiger partial charge in [-0.3, -0.25) is 14.4 Å². The number of carbonyl (C=O) groups excluding carboxylic acids is 3. The Morgan fingerprint density at radius 1 is 0.423 bits per heavy atom. The third-order valence-corrected chi connectivity index (χ3v) is 16.2. The molecular weight excluding hydrogens is 1080 g/mol. The molecule has 0 saturated carbocycles. The maximum Gasteiger partial charge on any atom is 0.260 e. The van der Waals surface area contributed by atoms with Crippen LogP contribution in [0.4, 0.5) is 26.3 Å². The van der Waals surface area contributed by atoms with E-state index in [0.29, 0.717) is 71.2 Å². The highest BCUT2D eigenvalue weighted by Crippen LogP contribution is 2.34. The van der Waals surface area contributed by atoms with Gasteiger partial charge in [0.25, 0.3) is 17.7 Å². The van der Waals surface area contributed by atoms with Gasteiger partial charge in [-0.2, -0.15) is 0 Å². The minimum Gasteiger partial charge on any atom is -0.484 e. The van der Waals surface area contributed by atoms with Gasteiger partial charge in [-0.1, -0.05) is 36.4 Å². The molecule has 414 valence electrons. The van der Waals surface area contributed by atoms with Gasteiger partial charge in [0, 0.05) is 81.8 Å². The van der Waals surface area contributed by atoms with Crippen molar-refractivity contribution < 1.29 is 70.3 Å². The lowest BCUT2D eigenvalue weighted by Crippen LogP contribution is -2.33. The summed E-state index contributed by atoms with van der Waals surface area (Å²) in [7, 11) is 0. The number of rotatable bonds is 18. The number of nitrogens with zero attached hydrogens (tertiary/aromatic N) is 3. The molecule has 6 aromatic rings. The molecule has 12 nitrogen and oxygen atoms in total. The number of amides is 3. The molecular formula is C57H57F6N3O9S3. The van der Waals surface area contributed by atoms with Crippen molar-refractivity contribution in [3.05, 3.63) is 179 Å². The second-order valence-corrected chi connectivity index (χ2v) is 22.2. The smallest absolute Gasteiger partial charge is 0.260 e. The molecule has 6 aromatic carbocycles. The molecule has 3 heterocycles. The standard InChI is InChI=1S/3C19H19F2NO3S/c20-14-3-6-18(17(21)9-14)26-16-7-8-22(10-16)19(24)12-25-15-4-1-13(11-23)2-5-15;20-14-7-15(21)9-18(8-14)26-17-5-6-22(10-17)19(24)12-25-16-3-1-13(11-23)2-4-16;20-17-6-5-15(9-18(17)21)26-16-7-8-22(10-16)19(24)12-25-14-3-1-13(11-23)2-4-14/h1-6,9,16,23H,7-8,10-12H2;1-4,7-9,17,23H,5-6,10-12H2;1-6,9,16,23H,7-8,10-12H2. The van der Waals surface area contributed by atoms with Gasteiger partial charge in [0.1, 0.15) is 40.5 Å². The molecule has 0 aliphatic carbocycles. The molecule has 3 atom stereocenters. The monoisotopic (exact) mass is 1140 g/mol. The van der Waals surface area contributed by atoms with Crippen molar-refractivity contribution in [2.45, 2.75) is 69.5 Å². The number of benzene rings is 6. The maximum atomic E-state index is 13.7. The fraction of sp³-hybridized carbons (Fsp3) is 0.316. The fourth-order valence-electron chi connectivity index (χ4n) is 8.22. The molecule has 3 amide bonds. The Bertz CT molecular complexity index is 2910. The molecule has 78 heavy (non-hydrogen) atoms. The van der Waals surface area contributed by atoms with Crippen molar-refractivity contribution in [2.75, 3.05) is 59.1 Å². The largest absolute Gasteiger partial charge is 0.484 e. The van der Waals surface area contributed by atoms with Crippen LogP contribution in [0.2, 0.25) is 0 Å². The number of carbonyl (C=O) groups is 3. The van der Waals surface area contributed by atoms with Crippen molar-refractivity contribution in [2.24, 2.45) is 0 Å². The Balaban J connectivity index is 0.000000170. The van der Waals surface area contributed by atoms with Crippen molar-refractivity contribution >= 4 is 53.0 Å². The van der Waals surface area contributed by atoms with E-state index in [-0.39, 0.29) is 73.1 Å². The van der Waals surface area contributed by atoms with Gasteiger partial charge < -0.3 is 44.2 Å². The average Bonchev–Trinajstić information content (AvgIpc) is 4.24. The molecule has 3 aliphatic rings. The molecule has 3 fully saturated rings. The van der Waals surface area contributed by atoms with Gasteiger partial charge in [-0.15, -0.1) is 35.3 Å². The van der Waals surface area contributed by atoms with E-state index in [2.05, 4.69) is 0 Å². The SMILES string of the molecule is O=C(COc1ccc(CO)cc1)N1CCC(Sc2cc(F)cc(F)c2)C1.O=C(COc1ccc(CO)cc1)N1CCC(Sc2ccc(F)c(F)c2)C1.O=C(COc1ccc(CO)cc1)N1CCC(Sc2ccc(F)cc2F)C1. The molecule has 0 radical (unpaired) electrons. The van der Waals surface area contributed by atoms with Crippen molar-refractivity contribution in [3.63, 3.8) is 0 Å². The maximum absolute atomic E-state index is 13.7. The summed E-state index contributed by atoms with van der Waals surface area (Å²) in [6, 6.07) is 31.5. The van der Waals surface area contributed by atoms with Crippen LogP contribution in [0.15, 0.2) is 142 Å². The predicted molar refractivity (Wildman–Crippen MR) is 285 cm³/mol. The number of aliphatic hydroxyl groups excluding tert-OH is 3. The summed E-state index contributed by atoms with van der Waals surface area (Å²) in [6.07, 6.45) is 2.30. The van der Waals surface area contributed by atoms with Gasteiger partial charge in [-0.25, -0.2) is 26.3 Å². The summed E-state index contributed by atoms with van der Waals surface area (Å²) in [6.45, 7) is 3.08. The minimum atomic E-state index is -0.860. The van der Waals surface area contributed by atoms with Gasteiger partial charge in [0.05, 0.1) is 19.8 Å². The number of likely N-dealkylation sites (tertiary alicyclic amines) is 3. The Morgan fingerprint density at radius 3 is 1.21 bits per heavy atom. The van der Waals surface area contributed by atoms with Crippen LogP contribution in [0, 0.1) is 34.9 Å². The topological polar surface area (TPSA) is 149 Å². The Kier molecular flexibility index (Phi) is 22.5. The zero-order chi connectivity index (χ0) is 55.6. The summed E-state index contributed by atoms with van der Waals surface area (Å²) in [5, 5.41) is 27.3. The van der Waals surface area contributed by atoms with Crippen LogP contribution < -0.4 is 14.2 Å². The highest BCUT2D eigenvalue weighted by atomic mass is 32.2. The molecule has 0 aromatic heterocycles.